The molecule has 2 heterocycles. The molecule has 1 aromatic heterocycles. The SMILES string of the molecule is CC(=O)c1ccn(C(=O)N2CCN(Cc3ccc(-c4ccccc4)cc3Cl)C[C@@H]2C)n1. The monoisotopic (exact) mass is 436 g/mol. The molecule has 1 saturated heterocycles. The highest BCUT2D eigenvalue weighted by Gasteiger charge is 2.29. The minimum Gasteiger partial charge on any atom is -0.318 e. The number of nitrogens with zero attached hydrogens (tertiary/aromatic N) is 4. The first kappa shape index (κ1) is 21.3. The van der Waals surface area contributed by atoms with Gasteiger partial charge in [-0.15, -0.1) is 0 Å². The second-order valence-corrected chi connectivity index (χ2v) is 8.34. The predicted molar refractivity (Wildman–Crippen MR) is 121 cm³/mol. The van der Waals surface area contributed by atoms with E-state index in [0.717, 1.165) is 41.3 Å². The number of benzene rings is 2. The summed E-state index contributed by atoms with van der Waals surface area (Å²) in [6, 6.07) is 17.8. The topological polar surface area (TPSA) is 58.4 Å². The number of halogens is 1. The summed E-state index contributed by atoms with van der Waals surface area (Å²) in [5, 5.41) is 4.85. The van der Waals surface area contributed by atoms with Crippen molar-refractivity contribution in [3.8, 4) is 11.1 Å². The molecule has 7 heteroatoms. The van der Waals surface area contributed by atoms with E-state index >= 15 is 0 Å². The van der Waals surface area contributed by atoms with E-state index in [-0.39, 0.29) is 17.9 Å². The number of rotatable bonds is 4. The van der Waals surface area contributed by atoms with Crippen LogP contribution in [0.2, 0.25) is 5.02 Å². The van der Waals surface area contributed by atoms with Crippen molar-refractivity contribution in [1.82, 2.24) is 19.6 Å². The van der Waals surface area contributed by atoms with Crippen LogP contribution in [-0.2, 0) is 6.54 Å². The van der Waals surface area contributed by atoms with Crippen LogP contribution >= 0.6 is 11.6 Å². The van der Waals surface area contributed by atoms with E-state index < -0.39 is 0 Å². The van der Waals surface area contributed by atoms with Crippen LogP contribution in [0.25, 0.3) is 11.1 Å². The summed E-state index contributed by atoms with van der Waals surface area (Å²) in [6.45, 7) is 6.28. The van der Waals surface area contributed by atoms with E-state index in [1.807, 2.05) is 31.2 Å². The van der Waals surface area contributed by atoms with Gasteiger partial charge in [0, 0.05) is 50.4 Å². The fraction of sp³-hybridized carbons (Fsp3) is 0.292. The Balaban J connectivity index is 1.40. The van der Waals surface area contributed by atoms with Gasteiger partial charge in [0.2, 0.25) is 0 Å². The fourth-order valence-electron chi connectivity index (χ4n) is 3.94. The van der Waals surface area contributed by atoms with Crippen molar-refractivity contribution in [3.63, 3.8) is 0 Å². The minimum atomic E-state index is -0.204. The number of amides is 1. The number of carbonyl (C=O) groups is 2. The van der Waals surface area contributed by atoms with Crippen molar-refractivity contribution in [3.05, 3.63) is 77.1 Å². The molecule has 4 rings (SSSR count). The lowest BCUT2D eigenvalue weighted by molar-refractivity contribution is 0.0965. The smallest absolute Gasteiger partial charge is 0.318 e. The van der Waals surface area contributed by atoms with Crippen molar-refractivity contribution in [2.45, 2.75) is 26.4 Å². The maximum atomic E-state index is 12.8. The first-order valence-corrected chi connectivity index (χ1v) is 10.7. The Bertz CT molecular complexity index is 1100. The summed E-state index contributed by atoms with van der Waals surface area (Å²) in [6.07, 6.45) is 1.55. The zero-order chi connectivity index (χ0) is 22.0. The third kappa shape index (κ3) is 4.70. The van der Waals surface area contributed by atoms with Gasteiger partial charge >= 0.3 is 6.03 Å². The Labute approximate surface area is 187 Å². The molecule has 31 heavy (non-hydrogen) atoms. The number of piperazine rings is 1. The highest BCUT2D eigenvalue weighted by Crippen LogP contribution is 2.27. The van der Waals surface area contributed by atoms with Gasteiger partial charge in [-0.05, 0) is 35.7 Å². The normalized spacial score (nSPS) is 17.0. The van der Waals surface area contributed by atoms with Gasteiger partial charge in [0.1, 0.15) is 5.69 Å². The molecule has 6 nitrogen and oxygen atoms in total. The van der Waals surface area contributed by atoms with Crippen LogP contribution in [0.15, 0.2) is 60.8 Å². The standard InChI is InChI=1S/C24H25ClN4O2/c1-17-15-27(12-13-28(17)24(31)29-11-10-23(26-29)18(2)30)16-21-9-8-20(14-22(21)25)19-6-4-3-5-7-19/h3-11,14,17H,12-13,15-16H2,1-2H3/t17-/m0/s1. The molecule has 1 atom stereocenters. The van der Waals surface area contributed by atoms with Crippen LogP contribution in [-0.4, -0.2) is 57.1 Å². The van der Waals surface area contributed by atoms with Crippen LogP contribution in [0.3, 0.4) is 0 Å². The van der Waals surface area contributed by atoms with Gasteiger partial charge in [0.25, 0.3) is 0 Å². The quantitative estimate of drug-likeness (QED) is 0.561. The van der Waals surface area contributed by atoms with Gasteiger partial charge in [0.05, 0.1) is 0 Å². The van der Waals surface area contributed by atoms with Gasteiger partial charge in [-0.1, -0.05) is 54.1 Å². The molecular formula is C24H25ClN4O2. The molecule has 0 saturated carbocycles. The second kappa shape index (κ2) is 9.04. The molecule has 1 fully saturated rings. The average molecular weight is 437 g/mol. The van der Waals surface area contributed by atoms with Gasteiger partial charge < -0.3 is 4.90 Å². The van der Waals surface area contributed by atoms with Crippen molar-refractivity contribution in [1.29, 1.82) is 0 Å². The van der Waals surface area contributed by atoms with Gasteiger partial charge in [-0.25, -0.2) is 4.79 Å². The number of ketones is 1. The third-order valence-electron chi connectivity index (χ3n) is 5.66. The average Bonchev–Trinajstić information content (AvgIpc) is 3.26. The Morgan fingerprint density at radius 1 is 1.06 bits per heavy atom. The summed E-state index contributed by atoms with van der Waals surface area (Å²) in [5.74, 6) is -0.153. The summed E-state index contributed by atoms with van der Waals surface area (Å²) >= 11 is 6.59. The molecule has 1 aliphatic rings. The lowest BCUT2D eigenvalue weighted by atomic mass is 10.0. The molecule has 0 spiro atoms. The highest BCUT2D eigenvalue weighted by atomic mass is 35.5. The highest BCUT2D eigenvalue weighted by molar-refractivity contribution is 6.31. The van der Waals surface area contributed by atoms with Crippen molar-refractivity contribution < 1.29 is 9.59 Å². The van der Waals surface area contributed by atoms with Crippen molar-refractivity contribution in [2.75, 3.05) is 19.6 Å². The lowest BCUT2D eigenvalue weighted by Gasteiger charge is -2.39. The Hall–Kier alpha value is -2.96. The summed E-state index contributed by atoms with van der Waals surface area (Å²) in [4.78, 5) is 28.4. The van der Waals surface area contributed by atoms with E-state index in [1.54, 1.807) is 17.2 Å². The number of carbonyl (C=O) groups excluding carboxylic acids is 2. The molecular weight excluding hydrogens is 412 g/mol. The molecule has 0 bridgehead atoms. The number of hydrogen-bond acceptors (Lipinski definition) is 4. The van der Waals surface area contributed by atoms with Crippen LogP contribution in [0.1, 0.15) is 29.9 Å². The maximum absolute atomic E-state index is 12.8. The fourth-order valence-corrected chi connectivity index (χ4v) is 4.18. The van der Waals surface area contributed by atoms with Crippen LogP contribution in [0.4, 0.5) is 4.79 Å². The van der Waals surface area contributed by atoms with Crippen LogP contribution in [0, 0.1) is 0 Å². The van der Waals surface area contributed by atoms with E-state index in [9.17, 15) is 9.59 Å². The molecule has 0 N–H and O–H groups in total. The summed E-state index contributed by atoms with van der Waals surface area (Å²) in [5.41, 5.74) is 3.62. The van der Waals surface area contributed by atoms with E-state index in [1.165, 1.54) is 11.6 Å². The summed E-state index contributed by atoms with van der Waals surface area (Å²) in [7, 11) is 0. The largest absolute Gasteiger partial charge is 0.344 e. The van der Waals surface area contributed by atoms with Gasteiger partial charge in [0.15, 0.2) is 5.78 Å². The summed E-state index contributed by atoms with van der Waals surface area (Å²) < 4.78 is 1.25. The van der Waals surface area contributed by atoms with Crippen molar-refractivity contribution in [2.24, 2.45) is 0 Å². The number of aromatic nitrogens is 2. The molecule has 3 aromatic rings. The Kier molecular flexibility index (Phi) is 6.20. The van der Waals surface area contributed by atoms with Gasteiger partial charge in [-0.3, -0.25) is 9.69 Å². The maximum Gasteiger partial charge on any atom is 0.344 e. The lowest BCUT2D eigenvalue weighted by Crippen LogP contribution is -2.54. The molecule has 0 unspecified atom stereocenters. The van der Waals surface area contributed by atoms with E-state index in [0.29, 0.717) is 12.2 Å². The number of hydrogen-bond donors (Lipinski definition) is 0. The molecule has 1 amide bonds. The molecule has 2 aromatic carbocycles. The third-order valence-corrected chi connectivity index (χ3v) is 6.01. The zero-order valence-electron chi connectivity index (χ0n) is 17.7. The van der Waals surface area contributed by atoms with Crippen molar-refractivity contribution >= 4 is 23.4 Å². The van der Waals surface area contributed by atoms with E-state index in [2.05, 4.69) is 34.3 Å². The Morgan fingerprint density at radius 3 is 2.48 bits per heavy atom. The number of Topliss-reactive ketones (excluding diaryl/α,β-unsaturated/α-hetero) is 1. The Morgan fingerprint density at radius 2 is 1.84 bits per heavy atom. The molecule has 160 valence electrons. The predicted octanol–water partition coefficient (Wildman–Crippen LogP) is 4.58. The van der Waals surface area contributed by atoms with Crippen LogP contribution in [0.5, 0.6) is 0 Å². The molecule has 1 aliphatic heterocycles. The zero-order valence-corrected chi connectivity index (χ0v) is 18.4. The first-order chi connectivity index (χ1) is 14.9. The molecule has 0 radical (unpaired) electrons. The van der Waals surface area contributed by atoms with E-state index in [4.69, 9.17) is 11.6 Å². The first-order valence-electron chi connectivity index (χ1n) is 10.4. The van der Waals surface area contributed by atoms with Crippen LogP contribution < -0.4 is 0 Å². The second-order valence-electron chi connectivity index (χ2n) is 7.93. The molecule has 0 aliphatic carbocycles. The minimum absolute atomic E-state index is 0.0218. The van der Waals surface area contributed by atoms with Gasteiger partial charge in [-0.2, -0.15) is 9.78 Å².